The van der Waals surface area contributed by atoms with Gasteiger partial charge >= 0.3 is 0 Å². The Hall–Kier alpha value is -2.59. The van der Waals surface area contributed by atoms with Gasteiger partial charge in [0.15, 0.2) is 18.3 Å². The monoisotopic (exact) mass is 350 g/mol. The first kappa shape index (κ1) is 16.3. The molecule has 2 heterocycles. The van der Waals surface area contributed by atoms with Crippen molar-refractivity contribution in [1.29, 1.82) is 0 Å². The molecule has 0 aliphatic carbocycles. The summed E-state index contributed by atoms with van der Waals surface area (Å²) in [6.45, 7) is 1.76. The van der Waals surface area contributed by atoms with Crippen LogP contribution in [0.25, 0.3) is 22.4 Å². The van der Waals surface area contributed by atoms with Crippen molar-refractivity contribution in [1.82, 2.24) is 20.2 Å². The number of aromatic nitrogens is 4. The molecular weight excluding hydrogens is 336 g/mol. The molecule has 0 saturated carbocycles. The van der Waals surface area contributed by atoms with Crippen LogP contribution in [0.3, 0.4) is 0 Å². The predicted octanol–water partition coefficient (Wildman–Crippen LogP) is 1.37. The molecule has 0 saturated heterocycles. The van der Waals surface area contributed by atoms with E-state index in [1.807, 2.05) is 0 Å². The molecule has 24 heavy (non-hydrogen) atoms. The Morgan fingerprint density at radius 1 is 1.25 bits per heavy atom. The topological polar surface area (TPSA) is 117 Å². The Kier molecular flexibility index (Phi) is 4.16. The molecular formula is C14H14N4O5S. The normalized spacial score (nSPS) is 11.8. The summed E-state index contributed by atoms with van der Waals surface area (Å²) >= 11 is 0. The zero-order chi connectivity index (χ0) is 17.3. The van der Waals surface area contributed by atoms with E-state index in [0.29, 0.717) is 34.0 Å². The van der Waals surface area contributed by atoms with Gasteiger partial charge in [0.25, 0.3) is 5.16 Å². The van der Waals surface area contributed by atoms with E-state index in [9.17, 15) is 8.42 Å². The van der Waals surface area contributed by atoms with Gasteiger partial charge in [0.1, 0.15) is 17.0 Å². The van der Waals surface area contributed by atoms with E-state index >= 15 is 0 Å². The van der Waals surface area contributed by atoms with Gasteiger partial charge < -0.3 is 13.9 Å². The van der Waals surface area contributed by atoms with Crippen molar-refractivity contribution in [3.05, 3.63) is 24.2 Å². The van der Waals surface area contributed by atoms with Gasteiger partial charge in [-0.15, -0.1) is 10.2 Å². The van der Waals surface area contributed by atoms with Crippen molar-refractivity contribution in [2.45, 2.75) is 12.1 Å². The molecule has 0 radical (unpaired) electrons. The molecule has 0 spiro atoms. The molecule has 0 aliphatic heterocycles. The van der Waals surface area contributed by atoms with Gasteiger partial charge in [-0.25, -0.2) is 18.4 Å². The molecule has 0 unspecified atom stereocenters. The van der Waals surface area contributed by atoms with Crippen molar-refractivity contribution in [2.75, 3.05) is 20.2 Å². The third-order valence-electron chi connectivity index (χ3n) is 3.08. The Balaban J connectivity index is 2.11. The van der Waals surface area contributed by atoms with Gasteiger partial charge in [-0.05, 0) is 6.07 Å². The third kappa shape index (κ3) is 3.19. The van der Waals surface area contributed by atoms with E-state index in [4.69, 9.17) is 13.9 Å². The third-order valence-corrected chi connectivity index (χ3v) is 3.93. The number of fused-ring (bicyclic) bond motifs is 1. The zero-order valence-corrected chi connectivity index (χ0v) is 14.0. The SMILES string of the molecule is COCOc1cc2nc(C)oc2cc1-c1cnc(S(C)(=O)=O)nn1. The van der Waals surface area contributed by atoms with Crippen LogP contribution < -0.4 is 4.74 Å². The highest BCUT2D eigenvalue weighted by Gasteiger charge is 2.17. The molecule has 0 bridgehead atoms. The number of oxazole rings is 1. The molecule has 1 aromatic carbocycles. The highest BCUT2D eigenvalue weighted by Crippen LogP contribution is 2.33. The number of hydrogen-bond donors (Lipinski definition) is 0. The highest BCUT2D eigenvalue weighted by atomic mass is 32.2. The van der Waals surface area contributed by atoms with Crippen LogP contribution in [0.15, 0.2) is 27.9 Å². The van der Waals surface area contributed by atoms with E-state index in [1.54, 1.807) is 19.1 Å². The molecule has 3 aromatic rings. The molecule has 0 aliphatic rings. The number of nitrogens with zero attached hydrogens (tertiary/aromatic N) is 4. The number of benzene rings is 1. The van der Waals surface area contributed by atoms with Gasteiger partial charge in [0.2, 0.25) is 9.84 Å². The number of sulfone groups is 1. The minimum atomic E-state index is -3.52. The first-order chi connectivity index (χ1) is 11.4. The quantitative estimate of drug-likeness (QED) is 0.629. The minimum Gasteiger partial charge on any atom is -0.467 e. The van der Waals surface area contributed by atoms with Crippen LogP contribution >= 0.6 is 0 Å². The van der Waals surface area contributed by atoms with Crippen molar-refractivity contribution in [3.8, 4) is 17.0 Å². The van der Waals surface area contributed by atoms with Gasteiger partial charge in [0, 0.05) is 31.9 Å². The van der Waals surface area contributed by atoms with Gasteiger partial charge in [-0.3, -0.25) is 0 Å². The first-order valence-electron chi connectivity index (χ1n) is 6.81. The summed E-state index contributed by atoms with van der Waals surface area (Å²) in [6.07, 6.45) is 2.33. The number of rotatable bonds is 5. The van der Waals surface area contributed by atoms with E-state index in [0.717, 1.165) is 6.26 Å². The summed E-state index contributed by atoms with van der Waals surface area (Å²) in [5.74, 6) is 0.956. The Bertz CT molecular complexity index is 982. The molecule has 0 atom stereocenters. The molecule has 0 fully saturated rings. The molecule has 0 amide bonds. The largest absolute Gasteiger partial charge is 0.467 e. The fourth-order valence-corrected chi connectivity index (χ4v) is 2.50. The summed E-state index contributed by atoms with van der Waals surface area (Å²) in [5.41, 5.74) is 2.04. The maximum absolute atomic E-state index is 11.4. The summed E-state index contributed by atoms with van der Waals surface area (Å²) in [5, 5.41) is 7.23. The maximum Gasteiger partial charge on any atom is 0.267 e. The number of methoxy groups -OCH3 is 1. The summed E-state index contributed by atoms with van der Waals surface area (Å²) < 4.78 is 38.8. The van der Waals surface area contributed by atoms with Crippen LogP contribution in [0, 0.1) is 6.92 Å². The lowest BCUT2D eigenvalue weighted by Gasteiger charge is -2.09. The van der Waals surface area contributed by atoms with Crippen molar-refractivity contribution in [2.24, 2.45) is 0 Å². The average Bonchev–Trinajstić information content (AvgIpc) is 2.90. The number of ether oxygens (including phenoxy) is 2. The van der Waals surface area contributed by atoms with E-state index in [2.05, 4.69) is 20.2 Å². The molecule has 126 valence electrons. The Labute approximate surface area is 137 Å². The smallest absolute Gasteiger partial charge is 0.267 e. The van der Waals surface area contributed by atoms with Crippen LogP contribution in [0.2, 0.25) is 0 Å². The highest BCUT2D eigenvalue weighted by molar-refractivity contribution is 7.90. The molecule has 3 rings (SSSR count). The fraction of sp³-hybridized carbons (Fsp3) is 0.286. The second kappa shape index (κ2) is 6.13. The summed E-state index contributed by atoms with van der Waals surface area (Å²) in [6, 6.07) is 3.37. The maximum atomic E-state index is 11.4. The lowest BCUT2D eigenvalue weighted by molar-refractivity contribution is 0.0516. The molecule has 10 heteroatoms. The Morgan fingerprint density at radius 3 is 2.67 bits per heavy atom. The second-order valence-electron chi connectivity index (χ2n) is 5.00. The van der Waals surface area contributed by atoms with E-state index < -0.39 is 9.84 Å². The van der Waals surface area contributed by atoms with Crippen molar-refractivity contribution >= 4 is 20.9 Å². The van der Waals surface area contributed by atoms with Crippen molar-refractivity contribution < 1.29 is 22.3 Å². The van der Waals surface area contributed by atoms with Gasteiger partial charge in [-0.1, -0.05) is 0 Å². The number of aryl methyl sites for hydroxylation is 1. The van der Waals surface area contributed by atoms with Crippen LogP contribution in [0.1, 0.15) is 5.89 Å². The fourth-order valence-electron chi connectivity index (χ4n) is 2.07. The van der Waals surface area contributed by atoms with E-state index in [-0.39, 0.29) is 11.9 Å². The Morgan fingerprint density at radius 2 is 2.04 bits per heavy atom. The van der Waals surface area contributed by atoms with E-state index in [1.165, 1.54) is 13.3 Å². The molecule has 2 aromatic heterocycles. The van der Waals surface area contributed by atoms with Gasteiger partial charge in [0.05, 0.1) is 6.20 Å². The lowest BCUT2D eigenvalue weighted by Crippen LogP contribution is -2.06. The summed E-state index contributed by atoms with van der Waals surface area (Å²) in [7, 11) is -2.02. The lowest BCUT2D eigenvalue weighted by atomic mass is 10.1. The van der Waals surface area contributed by atoms with Crippen LogP contribution in [0.4, 0.5) is 0 Å². The molecule has 9 nitrogen and oxygen atoms in total. The van der Waals surface area contributed by atoms with Crippen molar-refractivity contribution in [3.63, 3.8) is 0 Å². The van der Waals surface area contributed by atoms with Crippen LogP contribution in [-0.2, 0) is 14.6 Å². The predicted molar refractivity (Wildman–Crippen MR) is 83.2 cm³/mol. The first-order valence-corrected chi connectivity index (χ1v) is 8.70. The number of hydrogen-bond acceptors (Lipinski definition) is 9. The van der Waals surface area contributed by atoms with Crippen LogP contribution in [0.5, 0.6) is 5.75 Å². The summed E-state index contributed by atoms with van der Waals surface area (Å²) in [4.78, 5) is 8.08. The zero-order valence-electron chi connectivity index (χ0n) is 13.2. The van der Waals surface area contributed by atoms with Crippen LogP contribution in [-0.4, -0.2) is 48.7 Å². The average molecular weight is 350 g/mol. The molecule has 0 N–H and O–H groups in total. The standard InChI is InChI=1S/C14H14N4O5S/c1-8-16-10-5-12(22-7-21-2)9(4-13(10)23-8)11-6-15-14(18-17-11)24(3,19)20/h4-6H,7H2,1-3H3. The minimum absolute atomic E-state index is 0.0254. The second-order valence-corrected chi connectivity index (χ2v) is 6.91. The van der Waals surface area contributed by atoms with Gasteiger partial charge in [-0.2, -0.15) is 0 Å².